The standard InChI is InChI=1S/C26H23NO3/c28-26(29)23-16-27(17-23)15-20-7-4-8-21(13-20)25-14-22-12-19(9-10-24(22)30-25)11-18-5-2-1-3-6-18/h1-10,12-14,23H,11,15-17H2,(H,28,29). The Balaban J connectivity index is 1.34. The van der Waals surface area contributed by atoms with Gasteiger partial charge in [0.2, 0.25) is 0 Å². The van der Waals surface area contributed by atoms with Crippen molar-refractivity contribution in [2.24, 2.45) is 5.92 Å². The van der Waals surface area contributed by atoms with Crippen molar-refractivity contribution in [1.29, 1.82) is 0 Å². The molecule has 1 aliphatic rings. The fourth-order valence-electron chi connectivity index (χ4n) is 4.11. The number of furan rings is 1. The van der Waals surface area contributed by atoms with Gasteiger partial charge in [-0.25, -0.2) is 0 Å². The van der Waals surface area contributed by atoms with Crippen molar-refractivity contribution in [3.05, 3.63) is 95.6 Å². The van der Waals surface area contributed by atoms with Crippen molar-refractivity contribution < 1.29 is 14.3 Å². The molecule has 0 unspecified atom stereocenters. The van der Waals surface area contributed by atoms with Crippen LogP contribution in [0.2, 0.25) is 0 Å². The zero-order chi connectivity index (χ0) is 20.5. The van der Waals surface area contributed by atoms with E-state index < -0.39 is 5.97 Å². The summed E-state index contributed by atoms with van der Waals surface area (Å²) in [5, 5.41) is 10.1. The Morgan fingerprint density at radius 2 is 1.70 bits per heavy atom. The van der Waals surface area contributed by atoms with Crippen LogP contribution >= 0.6 is 0 Å². The second-order valence-electron chi connectivity index (χ2n) is 8.07. The number of rotatable bonds is 6. The van der Waals surface area contributed by atoms with Crippen molar-refractivity contribution >= 4 is 16.9 Å². The van der Waals surface area contributed by atoms with Crippen LogP contribution < -0.4 is 0 Å². The molecule has 30 heavy (non-hydrogen) atoms. The quantitative estimate of drug-likeness (QED) is 0.485. The molecule has 150 valence electrons. The van der Waals surface area contributed by atoms with Crippen molar-refractivity contribution in [2.45, 2.75) is 13.0 Å². The van der Waals surface area contributed by atoms with Crippen molar-refractivity contribution in [3.63, 3.8) is 0 Å². The molecule has 0 saturated carbocycles. The largest absolute Gasteiger partial charge is 0.481 e. The maximum absolute atomic E-state index is 11.0. The van der Waals surface area contributed by atoms with Crippen LogP contribution in [0, 0.1) is 5.92 Å². The predicted molar refractivity (Wildman–Crippen MR) is 117 cm³/mol. The fraction of sp³-hybridized carbons (Fsp3) is 0.192. The number of fused-ring (bicyclic) bond motifs is 1. The lowest BCUT2D eigenvalue weighted by Crippen LogP contribution is -2.49. The Labute approximate surface area is 175 Å². The lowest BCUT2D eigenvalue weighted by Gasteiger charge is -2.36. The lowest BCUT2D eigenvalue weighted by atomic mass is 9.99. The van der Waals surface area contributed by atoms with E-state index in [1.165, 1.54) is 16.7 Å². The average molecular weight is 397 g/mol. The molecule has 0 amide bonds. The summed E-state index contributed by atoms with van der Waals surface area (Å²) in [5.41, 5.74) is 5.66. The Hall–Kier alpha value is -3.37. The number of carbonyl (C=O) groups is 1. The van der Waals surface area contributed by atoms with Crippen LogP contribution in [-0.2, 0) is 17.8 Å². The van der Waals surface area contributed by atoms with Crippen LogP contribution in [0.3, 0.4) is 0 Å². The third-order valence-electron chi connectivity index (χ3n) is 5.76. The first-order valence-electron chi connectivity index (χ1n) is 10.2. The number of carboxylic acid groups (broad SMARTS) is 1. The number of hydrogen-bond acceptors (Lipinski definition) is 3. The van der Waals surface area contributed by atoms with E-state index in [9.17, 15) is 4.79 Å². The summed E-state index contributed by atoms with van der Waals surface area (Å²) >= 11 is 0. The smallest absolute Gasteiger partial charge is 0.309 e. The van der Waals surface area contributed by atoms with Gasteiger partial charge in [0.05, 0.1) is 5.92 Å². The summed E-state index contributed by atoms with van der Waals surface area (Å²) in [6.45, 7) is 2.00. The molecule has 1 aromatic heterocycles. The number of hydrogen-bond donors (Lipinski definition) is 1. The minimum absolute atomic E-state index is 0.228. The highest BCUT2D eigenvalue weighted by atomic mass is 16.4. The first-order chi connectivity index (χ1) is 14.6. The third kappa shape index (κ3) is 3.87. The second-order valence-corrected chi connectivity index (χ2v) is 8.07. The van der Waals surface area contributed by atoms with Crippen molar-refractivity contribution in [2.75, 3.05) is 13.1 Å². The van der Waals surface area contributed by atoms with Crippen LogP contribution in [0.1, 0.15) is 16.7 Å². The predicted octanol–water partition coefficient (Wildman–Crippen LogP) is 5.21. The van der Waals surface area contributed by atoms with Crippen LogP contribution in [0.15, 0.2) is 83.3 Å². The van der Waals surface area contributed by atoms with Crippen LogP contribution in [0.25, 0.3) is 22.3 Å². The molecule has 4 heteroatoms. The Morgan fingerprint density at radius 3 is 2.50 bits per heavy atom. The maximum Gasteiger partial charge on any atom is 0.309 e. The van der Waals surface area contributed by atoms with E-state index in [0.29, 0.717) is 13.1 Å². The molecule has 1 aliphatic heterocycles. The highest BCUT2D eigenvalue weighted by Crippen LogP contribution is 2.30. The van der Waals surface area contributed by atoms with Gasteiger partial charge in [-0.2, -0.15) is 0 Å². The first kappa shape index (κ1) is 18.6. The molecule has 0 aliphatic carbocycles. The zero-order valence-electron chi connectivity index (χ0n) is 16.6. The van der Waals surface area contributed by atoms with Crippen molar-refractivity contribution in [3.8, 4) is 11.3 Å². The third-order valence-corrected chi connectivity index (χ3v) is 5.76. The number of likely N-dealkylation sites (tertiary alicyclic amines) is 1. The van der Waals surface area contributed by atoms with Gasteiger partial charge in [-0.3, -0.25) is 9.69 Å². The van der Waals surface area contributed by atoms with E-state index in [2.05, 4.69) is 65.6 Å². The molecule has 1 fully saturated rings. The summed E-state index contributed by atoms with van der Waals surface area (Å²) in [6, 6.07) is 27.3. The van der Waals surface area contributed by atoms with Gasteiger partial charge in [0.15, 0.2) is 0 Å². The summed E-state index contributed by atoms with van der Waals surface area (Å²) in [5.74, 6) is -0.0710. The molecule has 0 atom stereocenters. The topological polar surface area (TPSA) is 53.7 Å². The maximum atomic E-state index is 11.0. The lowest BCUT2D eigenvalue weighted by molar-refractivity contribution is -0.147. The van der Waals surface area contributed by atoms with Crippen LogP contribution in [-0.4, -0.2) is 29.1 Å². The van der Waals surface area contributed by atoms with Gasteiger partial charge in [0.1, 0.15) is 11.3 Å². The molecule has 1 N–H and O–H groups in total. The highest BCUT2D eigenvalue weighted by Gasteiger charge is 2.32. The average Bonchev–Trinajstić information content (AvgIpc) is 3.15. The summed E-state index contributed by atoms with van der Waals surface area (Å²) < 4.78 is 6.12. The molecule has 1 saturated heterocycles. The van der Waals surface area contributed by atoms with Gasteiger partial charge >= 0.3 is 5.97 Å². The SMILES string of the molecule is O=C(O)C1CN(Cc2cccc(-c3cc4cc(Cc5ccccc5)ccc4o3)c2)C1. The van der Waals surface area contributed by atoms with Gasteiger partial charge in [-0.15, -0.1) is 0 Å². The highest BCUT2D eigenvalue weighted by molar-refractivity contribution is 5.83. The van der Waals surface area contributed by atoms with E-state index in [0.717, 1.165) is 35.3 Å². The summed E-state index contributed by atoms with van der Waals surface area (Å²) in [6.07, 6.45) is 0.903. The Kier molecular flexibility index (Phi) is 4.85. The zero-order valence-corrected chi connectivity index (χ0v) is 16.6. The van der Waals surface area contributed by atoms with E-state index in [-0.39, 0.29) is 5.92 Å². The molecular formula is C26H23NO3. The summed E-state index contributed by atoms with van der Waals surface area (Å²) in [7, 11) is 0. The second kappa shape index (κ2) is 7.81. The minimum Gasteiger partial charge on any atom is -0.481 e. The van der Waals surface area contributed by atoms with Gasteiger partial charge < -0.3 is 9.52 Å². The monoisotopic (exact) mass is 397 g/mol. The van der Waals surface area contributed by atoms with Crippen LogP contribution in [0.4, 0.5) is 0 Å². The van der Waals surface area contributed by atoms with Gasteiger partial charge in [0, 0.05) is 30.6 Å². The normalized spacial score (nSPS) is 14.7. The number of aliphatic carboxylic acids is 1. The molecule has 3 aromatic carbocycles. The molecular weight excluding hydrogens is 374 g/mol. The molecule has 0 spiro atoms. The molecule has 4 aromatic rings. The number of nitrogens with zero attached hydrogens (tertiary/aromatic N) is 1. The molecule has 2 heterocycles. The minimum atomic E-state index is -0.700. The van der Waals surface area contributed by atoms with E-state index >= 15 is 0 Å². The Bertz CT molecular complexity index is 1190. The molecule has 0 bridgehead atoms. The molecule has 4 nitrogen and oxygen atoms in total. The Morgan fingerprint density at radius 1 is 0.900 bits per heavy atom. The van der Waals surface area contributed by atoms with E-state index in [4.69, 9.17) is 9.52 Å². The molecule has 5 rings (SSSR count). The number of carboxylic acids is 1. The van der Waals surface area contributed by atoms with Gasteiger partial charge in [0.25, 0.3) is 0 Å². The van der Waals surface area contributed by atoms with E-state index in [1.807, 2.05) is 18.2 Å². The fourth-order valence-corrected chi connectivity index (χ4v) is 4.11. The number of benzene rings is 3. The van der Waals surface area contributed by atoms with Gasteiger partial charge in [-0.1, -0.05) is 54.6 Å². The molecule has 0 radical (unpaired) electrons. The van der Waals surface area contributed by atoms with Gasteiger partial charge in [-0.05, 0) is 47.4 Å². The first-order valence-corrected chi connectivity index (χ1v) is 10.2. The van der Waals surface area contributed by atoms with Crippen molar-refractivity contribution in [1.82, 2.24) is 4.90 Å². The van der Waals surface area contributed by atoms with Crippen LogP contribution in [0.5, 0.6) is 0 Å². The summed E-state index contributed by atoms with van der Waals surface area (Å²) in [4.78, 5) is 13.2. The van der Waals surface area contributed by atoms with E-state index in [1.54, 1.807) is 0 Å².